The average molecular weight is 292 g/mol. The van der Waals surface area contributed by atoms with Crippen LogP contribution in [0.15, 0.2) is 11.4 Å². The third kappa shape index (κ3) is 1.91. The molecule has 0 amide bonds. The van der Waals surface area contributed by atoms with E-state index in [1.165, 1.54) is 30.8 Å². The normalized spacial score (nSPS) is 36.8. The van der Waals surface area contributed by atoms with Crippen molar-refractivity contribution in [2.75, 3.05) is 26.2 Å². The lowest BCUT2D eigenvalue weighted by Gasteiger charge is -2.51. The van der Waals surface area contributed by atoms with Crippen LogP contribution in [0, 0.1) is 5.92 Å². The molecule has 1 aromatic heterocycles. The summed E-state index contributed by atoms with van der Waals surface area (Å²) in [6.45, 7) is 4.38. The summed E-state index contributed by atoms with van der Waals surface area (Å²) in [4.78, 5) is 17.9. The molecule has 2 atom stereocenters. The molecule has 5 rings (SSSR count). The zero-order valence-corrected chi connectivity index (χ0v) is 12.3. The van der Waals surface area contributed by atoms with E-state index in [9.17, 15) is 9.90 Å². The highest BCUT2D eigenvalue weighted by Gasteiger charge is 2.44. The lowest BCUT2D eigenvalue weighted by atomic mass is 9.81. The Hall–Kier alpha value is -0.910. The number of piperidine rings is 3. The van der Waals surface area contributed by atoms with Crippen LogP contribution in [0.25, 0.3) is 0 Å². The predicted molar refractivity (Wildman–Crippen MR) is 78.1 cm³/mol. The molecule has 0 saturated carbocycles. The molecule has 0 aromatic carbocycles. The predicted octanol–water partition coefficient (Wildman–Crippen LogP) is 1.83. The smallest absolute Gasteiger partial charge is 0.325 e. The fourth-order valence-corrected chi connectivity index (χ4v) is 5.18. The topological polar surface area (TPSA) is 43.8 Å². The fraction of sp³-hybridized carbons (Fsp3) is 0.667. The van der Waals surface area contributed by atoms with Crippen LogP contribution in [0.4, 0.5) is 0 Å². The molecule has 0 radical (unpaired) electrons. The second-order valence-corrected chi connectivity index (χ2v) is 7.23. The molecule has 1 N–H and O–H groups in total. The van der Waals surface area contributed by atoms with Crippen LogP contribution in [0.5, 0.6) is 0 Å². The SMILES string of the molecule is O=C(O)C1c2ccsc2CCN1C1CN2CCC1CC2. The van der Waals surface area contributed by atoms with Gasteiger partial charge in [0.2, 0.25) is 0 Å². The first-order valence-electron chi connectivity index (χ1n) is 7.51. The van der Waals surface area contributed by atoms with Gasteiger partial charge in [0.05, 0.1) is 0 Å². The van der Waals surface area contributed by atoms with E-state index >= 15 is 0 Å². The van der Waals surface area contributed by atoms with Gasteiger partial charge in [0, 0.05) is 24.0 Å². The lowest BCUT2D eigenvalue weighted by Crippen LogP contribution is -2.59. The molecule has 5 heteroatoms. The Labute approximate surface area is 123 Å². The summed E-state index contributed by atoms with van der Waals surface area (Å²) in [5.74, 6) is 0.0165. The van der Waals surface area contributed by atoms with Crippen molar-refractivity contribution in [3.8, 4) is 0 Å². The van der Waals surface area contributed by atoms with Crippen molar-refractivity contribution >= 4 is 17.3 Å². The molecule has 2 bridgehead atoms. The van der Waals surface area contributed by atoms with Crippen LogP contribution < -0.4 is 0 Å². The quantitative estimate of drug-likeness (QED) is 0.903. The number of aliphatic carboxylic acids is 1. The summed E-state index contributed by atoms with van der Waals surface area (Å²) in [7, 11) is 0. The molecule has 0 aliphatic carbocycles. The summed E-state index contributed by atoms with van der Waals surface area (Å²) in [5.41, 5.74) is 1.05. The van der Waals surface area contributed by atoms with E-state index in [0.717, 1.165) is 25.1 Å². The van der Waals surface area contributed by atoms with Gasteiger partial charge in [0.15, 0.2) is 0 Å². The molecular formula is C15H20N2O2S. The zero-order chi connectivity index (χ0) is 13.7. The lowest BCUT2D eigenvalue weighted by molar-refractivity contribution is -0.147. The van der Waals surface area contributed by atoms with E-state index in [0.29, 0.717) is 12.0 Å². The molecule has 5 heterocycles. The second-order valence-electron chi connectivity index (χ2n) is 6.23. The van der Waals surface area contributed by atoms with Crippen molar-refractivity contribution in [3.05, 3.63) is 21.9 Å². The van der Waals surface area contributed by atoms with Gasteiger partial charge in [0.1, 0.15) is 6.04 Å². The van der Waals surface area contributed by atoms with Crippen molar-refractivity contribution in [3.63, 3.8) is 0 Å². The molecule has 0 spiro atoms. The van der Waals surface area contributed by atoms with Crippen molar-refractivity contribution < 1.29 is 9.90 Å². The number of carbonyl (C=O) groups is 1. The van der Waals surface area contributed by atoms with Crippen LogP contribution in [-0.2, 0) is 11.2 Å². The number of carboxylic acids is 1. The van der Waals surface area contributed by atoms with E-state index in [1.54, 1.807) is 11.3 Å². The minimum Gasteiger partial charge on any atom is -0.480 e. The van der Waals surface area contributed by atoms with Crippen LogP contribution >= 0.6 is 11.3 Å². The third-order valence-corrected chi connectivity index (χ3v) is 6.28. The van der Waals surface area contributed by atoms with E-state index in [1.807, 2.05) is 11.4 Å². The highest BCUT2D eigenvalue weighted by atomic mass is 32.1. The van der Waals surface area contributed by atoms with E-state index in [4.69, 9.17) is 0 Å². The monoisotopic (exact) mass is 292 g/mol. The molecule has 4 aliphatic heterocycles. The largest absolute Gasteiger partial charge is 0.480 e. The maximum Gasteiger partial charge on any atom is 0.325 e. The van der Waals surface area contributed by atoms with E-state index in [2.05, 4.69) is 9.80 Å². The highest BCUT2D eigenvalue weighted by Crippen LogP contribution is 2.39. The molecule has 4 nitrogen and oxygen atoms in total. The molecular weight excluding hydrogens is 272 g/mol. The van der Waals surface area contributed by atoms with Crippen molar-refractivity contribution in [1.29, 1.82) is 0 Å². The molecule has 3 fully saturated rings. The van der Waals surface area contributed by atoms with Gasteiger partial charge in [0.25, 0.3) is 0 Å². The first-order valence-corrected chi connectivity index (χ1v) is 8.39. The van der Waals surface area contributed by atoms with Gasteiger partial charge in [-0.25, -0.2) is 0 Å². The maximum absolute atomic E-state index is 11.8. The fourth-order valence-electron chi connectivity index (χ4n) is 4.28. The number of nitrogens with zero attached hydrogens (tertiary/aromatic N) is 2. The summed E-state index contributed by atoms with van der Waals surface area (Å²) in [6.07, 6.45) is 3.49. The number of thiophene rings is 1. The second kappa shape index (κ2) is 4.83. The van der Waals surface area contributed by atoms with Gasteiger partial charge in [-0.2, -0.15) is 0 Å². The first-order chi connectivity index (χ1) is 9.74. The highest BCUT2D eigenvalue weighted by molar-refractivity contribution is 7.10. The van der Waals surface area contributed by atoms with Crippen molar-refractivity contribution in [2.24, 2.45) is 5.92 Å². The van der Waals surface area contributed by atoms with Gasteiger partial charge in [-0.3, -0.25) is 9.69 Å². The zero-order valence-electron chi connectivity index (χ0n) is 11.5. The van der Waals surface area contributed by atoms with E-state index in [-0.39, 0.29) is 0 Å². The number of rotatable bonds is 2. The Morgan fingerprint density at radius 2 is 2.10 bits per heavy atom. The van der Waals surface area contributed by atoms with Crippen molar-refractivity contribution in [1.82, 2.24) is 9.80 Å². The van der Waals surface area contributed by atoms with Crippen LogP contribution in [0.2, 0.25) is 0 Å². The van der Waals surface area contributed by atoms with Crippen molar-refractivity contribution in [2.45, 2.75) is 31.3 Å². The number of hydrogen-bond acceptors (Lipinski definition) is 4. The van der Waals surface area contributed by atoms with E-state index < -0.39 is 12.0 Å². The van der Waals surface area contributed by atoms with Gasteiger partial charge in [-0.15, -0.1) is 11.3 Å². The molecule has 3 saturated heterocycles. The minimum atomic E-state index is -0.680. The van der Waals surface area contributed by atoms with Crippen LogP contribution in [0.3, 0.4) is 0 Å². The third-order valence-electron chi connectivity index (χ3n) is 5.28. The number of fused-ring (bicyclic) bond motifs is 4. The van der Waals surface area contributed by atoms with Gasteiger partial charge < -0.3 is 10.0 Å². The Morgan fingerprint density at radius 3 is 2.75 bits per heavy atom. The van der Waals surface area contributed by atoms with Crippen LogP contribution in [0.1, 0.15) is 29.3 Å². The Balaban J connectivity index is 1.66. The molecule has 2 unspecified atom stereocenters. The summed E-state index contributed by atoms with van der Waals surface area (Å²) in [6, 6.07) is 2.04. The van der Waals surface area contributed by atoms with Gasteiger partial charge in [-0.05, 0) is 55.3 Å². The molecule has 108 valence electrons. The standard InChI is InChI=1S/C15H20N2O2S/c18-15(19)14-11-4-8-20-13(11)3-7-17(14)12-9-16-5-1-10(12)2-6-16/h4,8,10,12,14H,1-3,5-7,9H2,(H,18,19). The minimum absolute atomic E-state index is 0.421. The Morgan fingerprint density at radius 1 is 1.30 bits per heavy atom. The summed E-state index contributed by atoms with van der Waals surface area (Å²) in [5, 5.41) is 11.8. The first kappa shape index (κ1) is 12.8. The van der Waals surface area contributed by atoms with Crippen LogP contribution in [-0.4, -0.2) is 53.1 Å². The number of hydrogen-bond donors (Lipinski definition) is 1. The van der Waals surface area contributed by atoms with Gasteiger partial charge >= 0.3 is 5.97 Å². The van der Waals surface area contributed by atoms with Gasteiger partial charge in [-0.1, -0.05) is 0 Å². The Bertz CT molecular complexity index is 522. The summed E-state index contributed by atoms with van der Waals surface area (Å²) < 4.78 is 0. The number of carboxylic acid groups (broad SMARTS) is 1. The Kier molecular flexibility index (Phi) is 3.09. The summed E-state index contributed by atoms with van der Waals surface area (Å²) >= 11 is 1.71. The maximum atomic E-state index is 11.8. The molecule has 4 aliphatic rings. The molecule has 1 aromatic rings. The molecule has 20 heavy (non-hydrogen) atoms. The average Bonchev–Trinajstić information content (AvgIpc) is 2.95.